The molecular formula is C24H19NO3S. The number of carbonyl (C=O) groups excluding carboxylic acids is 2. The normalized spacial score (nSPS) is 15.4. The third-order valence-corrected chi connectivity index (χ3v) is 6.78. The molecule has 1 heterocycles. The number of aromatic hydroxyl groups is 1. The molecule has 1 aliphatic heterocycles. The van der Waals surface area contributed by atoms with E-state index >= 15 is 0 Å². The fourth-order valence-corrected chi connectivity index (χ4v) is 4.98. The zero-order chi connectivity index (χ0) is 20.0. The number of nitrogens with zero attached hydrogens (tertiary/aromatic N) is 1. The Balaban J connectivity index is 1.52. The second-order valence-corrected chi connectivity index (χ2v) is 8.38. The molecule has 1 N–H and O–H groups in total. The summed E-state index contributed by atoms with van der Waals surface area (Å²) in [5, 5.41) is 11.0. The third kappa shape index (κ3) is 3.12. The van der Waals surface area contributed by atoms with E-state index in [0.717, 1.165) is 42.3 Å². The van der Waals surface area contributed by atoms with Crippen molar-refractivity contribution < 1.29 is 14.7 Å². The van der Waals surface area contributed by atoms with Crippen LogP contribution in [-0.4, -0.2) is 21.2 Å². The van der Waals surface area contributed by atoms with Crippen LogP contribution >= 0.6 is 11.9 Å². The van der Waals surface area contributed by atoms with Gasteiger partial charge in [-0.1, -0.05) is 48.5 Å². The molecule has 5 aliphatic rings. The summed E-state index contributed by atoms with van der Waals surface area (Å²) in [7, 11) is 0. The van der Waals surface area contributed by atoms with Gasteiger partial charge in [-0.15, -0.1) is 0 Å². The number of rotatable bonds is 2. The molecule has 4 aliphatic carbocycles. The van der Waals surface area contributed by atoms with Gasteiger partial charge in [-0.2, -0.15) is 0 Å². The smallest absolute Gasteiger partial charge is 0.272 e. The van der Waals surface area contributed by atoms with E-state index in [1.165, 1.54) is 15.4 Å². The molecular weight excluding hydrogens is 382 g/mol. The van der Waals surface area contributed by atoms with Gasteiger partial charge >= 0.3 is 0 Å². The monoisotopic (exact) mass is 401 g/mol. The van der Waals surface area contributed by atoms with Crippen LogP contribution in [0.2, 0.25) is 0 Å². The molecule has 144 valence electrons. The Bertz CT molecular complexity index is 1100. The molecule has 3 aromatic rings. The lowest BCUT2D eigenvalue weighted by molar-refractivity contribution is 0.0777. The molecule has 0 unspecified atom stereocenters. The molecule has 5 heteroatoms. The number of hydrogen-bond acceptors (Lipinski definition) is 4. The predicted octanol–water partition coefficient (Wildman–Crippen LogP) is 4.58. The van der Waals surface area contributed by atoms with Crippen LogP contribution in [0.5, 0.6) is 5.75 Å². The summed E-state index contributed by atoms with van der Waals surface area (Å²) in [6, 6.07) is 19.4. The Morgan fingerprint density at radius 2 is 1.21 bits per heavy atom. The predicted molar refractivity (Wildman–Crippen MR) is 112 cm³/mol. The van der Waals surface area contributed by atoms with E-state index in [9.17, 15) is 14.7 Å². The molecule has 2 amide bonds. The second-order valence-electron chi connectivity index (χ2n) is 7.42. The standard InChI is InChI=1S/C24H19NO3S/c26-21-17-11-9-15-5-7-16(8-6-15)10-12-18(14-13-17)22(21)29-25-23(27)19-3-1-2-4-20(19)24(25)28/h1-8,13-14,26H,9-12H2. The molecule has 0 saturated carbocycles. The maximum atomic E-state index is 12.8. The zero-order valence-electron chi connectivity index (χ0n) is 15.7. The van der Waals surface area contributed by atoms with Crippen LogP contribution in [0.1, 0.15) is 43.0 Å². The molecule has 0 aromatic heterocycles. The Hall–Kier alpha value is -3.05. The molecule has 0 spiro atoms. The fraction of sp³-hybridized carbons (Fsp3) is 0.167. The highest BCUT2D eigenvalue weighted by atomic mass is 32.2. The lowest BCUT2D eigenvalue weighted by Crippen LogP contribution is -2.22. The van der Waals surface area contributed by atoms with Crippen molar-refractivity contribution in [2.24, 2.45) is 0 Å². The van der Waals surface area contributed by atoms with Crippen LogP contribution in [0.25, 0.3) is 0 Å². The van der Waals surface area contributed by atoms with Crippen molar-refractivity contribution in [2.45, 2.75) is 30.6 Å². The van der Waals surface area contributed by atoms with Gasteiger partial charge in [0.1, 0.15) is 5.75 Å². The summed E-state index contributed by atoms with van der Waals surface area (Å²) < 4.78 is 1.17. The molecule has 8 rings (SSSR count). The van der Waals surface area contributed by atoms with Crippen molar-refractivity contribution in [1.29, 1.82) is 0 Å². The molecule has 0 atom stereocenters. The third-order valence-electron chi connectivity index (χ3n) is 5.62. The van der Waals surface area contributed by atoms with E-state index in [1.54, 1.807) is 24.3 Å². The highest BCUT2D eigenvalue weighted by Crippen LogP contribution is 2.41. The minimum Gasteiger partial charge on any atom is -0.506 e. The van der Waals surface area contributed by atoms with Crippen LogP contribution < -0.4 is 0 Å². The average molecular weight is 401 g/mol. The average Bonchev–Trinajstić information content (AvgIpc) is 2.97. The van der Waals surface area contributed by atoms with Crippen LogP contribution in [0.15, 0.2) is 65.6 Å². The van der Waals surface area contributed by atoms with Gasteiger partial charge in [0.05, 0.1) is 16.0 Å². The number of aryl methyl sites for hydroxylation is 4. The Kier molecular flexibility index (Phi) is 4.40. The van der Waals surface area contributed by atoms with Crippen molar-refractivity contribution in [1.82, 2.24) is 4.31 Å². The Morgan fingerprint density at radius 3 is 1.79 bits per heavy atom. The van der Waals surface area contributed by atoms with E-state index in [-0.39, 0.29) is 17.6 Å². The van der Waals surface area contributed by atoms with Gasteiger partial charge in [-0.05, 0) is 60.1 Å². The quantitative estimate of drug-likeness (QED) is 0.504. The number of hydrogen-bond donors (Lipinski definition) is 1. The Labute approximate surface area is 173 Å². The zero-order valence-corrected chi connectivity index (χ0v) is 16.5. The number of fused-ring (bicyclic) bond motifs is 1. The first-order valence-electron chi connectivity index (χ1n) is 9.69. The number of carbonyl (C=O) groups is 2. The van der Waals surface area contributed by atoms with Gasteiger partial charge in [-0.3, -0.25) is 9.59 Å². The lowest BCUT2D eigenvalue weighted by Gasteiger charge is -2.19. The highest BCUT2D eigenvalue weighted by Gasteiger charge is 2.37. The summed E-state index contributed by atoms with van der Waals surface area (Å²) in [6.07, 6.45) is 3.07. The van der Waals surface area contributed by atoms with Gasteiger partial charge in [0.2, 0.25) is 0 Å². The van der Waals surface area contributed by atoms with Gasteiger partial charge in [0.25, 0.3) is 11.8 Å². The first-order valence-corrected chi connectivity index (χ1v) is 10.5. The maximum Gasteiger partial charge on any atom is 0.272 e. The Morgan fingerprint density at radius 1 is 0.690 bits per heavy atom. The largest absolute Gasteiger partial charge is 0.506 e. The van der Waals surface area contributed by atoms with E-state index in [4.69, 9.17) is 0 Å². The van der Waals surface area contributed by atoms with E-state index < -0.39 is 0 Å². The van der Waals surface area contributed by atoms with E-state index in [1.807, 2.05) is 12.1 Å². The lowest BCUT2D eigenvalue weighted by atomic mass is 9.96. The summed E-state index contributed by atoms with van der Waals surface area (Å²) in [5.74, 6) is -0.483. The first-order chi connectivity index (χ1) is 14.1. The minimum absolute atomic E-state index is 0.180. The number of phenols is 1. The van der Waals surface area contributed by atoms with Crippen LogP contribution in [0, 0.1) is 0 Å². The topological polar surface area (TPSA) is 57.6 Å². The van der Waals surface area contributed by atoms with Crippen molar-refractivity contribution in [3.05, 3.63) is 94.0 Å². The van der Waals surface area contributed by atoms with Gasteiger partial charge in [-0.25, -0.2) is 4.31 Å². The highest BCUT2D eigenvalue weighted by molar-refractivity contribution is 7.98. The summed E-state index contributed by atoms with van der Waals surface area (Å²) in [6.45, 7) is 0. The van der Waals surface area contributed by atoms with Crippen molar-refractivity contribution in [3.8, 4) is 5.75 Å². The van der Waals surface area contributed by atoms with Crippen LogP contribution in [0.3, 0.4) is 0 Å². The molecule has 4 nitrogen and oxygen atoms in total. The van der Waals surface area contributed by atoms with Crippen molar-refractivity contribution in [2.75, 3.05) is 0 Å². The van der Waals surface area contributed by atoms with E-state index in [2.05, 4.69) is 24.3 Å². The van der Waals surface area contributed by atoms with Crippen molar-refractivity contribution in [3.63, 3.8) is 0 Å². The van der Waals surface area contributed by atoms with Gasteiger partial charge < -0.3 is 5.11 Å². The second kappa shape index (κ2) is 7.08. The maximum absolute atomic E-state index is 12.8. The number of imide groups is 1. The van der Waals surface area contributed by atoms with Crippen LogP contribution in [0.4, 0.5) is 0 Å². The SMILES string of the molecule is O=C1c2ccccc2C(=O)N1Sc1c2ccc(c1O)CCc1ccc(cc1)CC2. The number of benzene rings is 3. The fourth-order valence-electron chi connectivity index (χ4n) is 3.93. The molecule has 0 radical (unpaired) electrons. The van der Waals surface area contributed by atoms with Crippen molar-refractivity contribution >= 4 is 23.8 Å². The molecule has 0 saturated heterocycles. The summed E-state index contributed by atoms with van der Waals surface area (Å²) in [5.41, 5.74) is 5.06. The minimum atomic E-state index is -0.331. The molecule has 3 aromatic carbocycles. The number of phenolic OH excluding ortho intramolecular Hbond substituents is 1. The number of amides is 2. The van der Waals surface area contributed by atoms with Crippen LogP contribution in [-0.2, 0) is 25.7 Å². The van der Waals surface area contributed by atoms with Gasteiger partial charge in [0.15, 0.2) is 0 Å². The molecule has 0 fully saturated rings. The van der Waals surface area contributed by atoms with Gasteiger partial charge in [0, 0.05) is 11.9 Å². The first kappa shape index (κ1) is 18.0. The summed E-state index contributed by atoms with van der Waals surface area (Å²) in [4.78, 5) is 26.2. The van der Waals surface area contributed by atoms with E-state index in [0.29, 0.717) is 22.4 Å². The molecule has 4 bridgehead atoms. The summed E-state index contributed by atoms with van der Waals surface area (Å²) >= 11 is 1.05. The molecule has 29 heavy (non-hydrogen) atoms.